The summed E-state index contributed by atoms with van der Waals surface area (Å²) >= 11 is 0. The van der Waals surface area contributed by atoms with E-state index in [1.165, 1.54) is 51.6 Å². The Labute approximate surface area is 108 Å². The standard InChI is InChI=1S/C15H32N2/c1-4-11-17(15-7-8-15)12-5-6-14(9-10-16)13(2)3/h13-15H,4-12,16H2,1-3H3. The van der Waals surface area contributed by atoms with Gasteiger partial charge in [0.2, 0.25) is 0 Å². The highest BCUT2D eigenvalue weighted by Crippen LogP contribution is 2.28. The van der Waals surface area contributed by atoms with Gasteiger partial charge in [-0.3, -0.25) is 0 Å². The summed E-state index contributed by atoms with van der Waals surface area (Å²) in [7, 11) is 0. The van der Waals surface area contributed by atoms with Crippen LogP contribution in [0.3, 0.4) is 0 Å². The lowest BCUT2D eigenvalue weighted by molar-refractivity contribution is 0.239. The van der Waals surface area contributed by atoms with Gasteiger partial charge in [0.05, 0.1) is 0 Å². The van der Waals surface area contributed by atoms with Crippen LogP contribution in [0.4, 0.5) is 0 Å². The molecule has 1 saturated carbocycles. The highest BCUT2D eigenvalue weighted by atomic mass is 15.2. The molecule has 0 aliphatic heterocycles. The van der Waals surface area contributed by atoms with Crippen molar-refractivity contribution in [2.75, 3.05) is 19.6 Å². The van der Waals surface area contributed by atoms with Gasteiger partial charge in [-0.15, -0.1) is 0 Å². The van der Waals surface area contributed by atoms with Crippen molar-refractivity contribution in [3.8, 4) is 0 Å². The molecule has 0 aromatic carbocycles. The topological polar surface area (TPSA) is 29.3 Å². The highest BCUT2D eigenvalue weighted by Gasteiger charge is 2.27. The van der Waals surface area contributed by atoms with Crippen molar-refractivity contribution in [3.05, 3.63) is 0 Å². The van der Waals surface area contributed by atoms with Crippen LogP contribution in [0.25, 0.3) is 0 Å². The SMILES string of the molecule is CCCN(CCCC(CCN)C(C)C)C1CC1. The largest absolute Gasteiger partial charge is 0.330 e. The molecule has 0 saturated heterocycles. The van der Waals surface area contributed by atoms with Gasteiger partial charge in [-0.2, -0.15) is 0 Å². The van der Waals surface area contributed by atoms with Crippen LogP contribution in [0.2, 0.25) is 0 Å². The van der Waals surface area contributed by atoms with Crippen molar-refractivity contribution >= 4 is 0 Å². The van der Waals surface area contributed by atoms with Crippen LogP contribution in [-0.4, -0.2) is 30.6 Å². The fourth-order valence-corrected chi connectivity index (χ4v) is 2.79. The van der Waals surface area contributed by atoms with E-state index in [2.05, 4.69) is 25.7 Å². The summed E-state index contributed by atoms with van der Waals surface area (Å²) < 4.78 is 0. The Hall–Kier alpha value is -0.0800. The van der Waals surface area contributed by atoms with Crippen molar-refractivity contribution in [1.29, 1.82) is 0 Å². The predicted molar refractivity (Wildman–Crippen MR) is 76.1 cm³/mol. The number of rotatable bonds is 10. The lowest BCUT2D eigenvalue weighted by Crippen LogP contribution is -2.28. The van der Waals surface area contributed by atoms with E-state index in [1.807, 2.05) is 0 Å². The van der Waals surface area contributed by atoms with E-state index >= 15 is 0 Å². The molecule has 0 bridgehead atoms. The molecule has 1 atom stereocenters. The van der Waals surface area contributed by atoms with Gasteiger partial charge in [-0.25, -0.2) is 0 Å². The molecule has 0 amide bonds. The van der Waals surface area contributed by atoms with Gasteiger partial charge >= 0.3 is 0 Å². The Morgan fingerprint density at radius 1 is 1.18 bits per heavy atom. The molecular formula is C15H32N2. The maximum absolute atomic E-state index is 5.69. The van der Waals surface area contributed by atoms with Gasteiger partial charge in [0.25, 0.3) is 0 Å². The van der Waals surface area contributed by atoms with Crippen molar-refractivity contribution in [2.45, 2.75) is 65.3 Å². The summed E-state index contributed by atoms with van der Waals surface area (Å²) in [6, 6.07) is 0.932. The first-order valence-electron chi connectivity index (χ1n) is 7.63. The number of nitrogens with two attached hydrogens (primary N) is 1. The zero-order chi connectivity index (χ0) is 12.7. The first-order valence-corrected chi connectivity index (χ1v) is 7.63. The minimum atomic E-state index is 0.791. The van der Waals surface area contributed by atoms with E-state index in [1.54, 1.807) is 0 Å². The molecule has 1 rings (SSSR count). The third kappa shape index (κ3) is 5.87. The molecule has 0 radical (unpaired) electrons. The van der Waals surface area contributed by atoms with Gasteiger partial charge in [-0.1, -0.05) is 20.8 Å². The maximum Gasteiger partial charge on any atom is 0.00964 e. The summed E-state index contributed by atoms with van der Waals surface area (Å²) in [6.07, 6.45) is 8.11. The minimum absolute atomic E-state index is 0.791. The number of hydrogen-bond donors (Lipinski definition) is 1. The van der Waals surface area contributed by atoms with Crippen LogP contribution < -0.4 is 5.73 Å². The van der Waals surface area contributed by atoms with Crippen LogP contribution in [-0.2, 0) is 0 Å². The monoisotopic (exact) mass is 240 g/mol. The molecule has 2 N–H and O–H groups in total. The molecule has 1 unspecified atom stereocenters. The number of hydrogen-bond acceptors (Lipinski definition) is 2. The molecular weight excluding hydrogens is 208 g/mol. The van der Waals surface area contributed by atoms with Gasteiger partial charge in [-0.05, 0) is 70.0 Å². The zero-order valence-electron chi connectivity index (χ0n) is 12.1. The quantitative estimate of drug-likeness (QED) is 0.635. The van der Waals surface area contributed by atoms with Crippen LogP contribution in [0.15, 0.2) is 0 Å². The second-order valence-corrected chi connectivity index (χ2v) is 5.99. The normalized spacial score (nSPS) is 18.0. The second-order valence-electron chi connectivity index (χ2n) is 5.99. The van der Waals surface area contributed by atoms with Crippen molar-refractivity contribution in [1.82, 2.24) is 4.90 Å². The molecule has 0 aromatic rings. The average Bonchev–Trinajstić information content (AvgIpc) is 3.10. The molecule has 0 aromatic heterocycles. The van der Waals surface area contributed by atoms with E-state index < -0.39 is 0 Å². The Morgan fingerprint density at radius 2 is 1.88 bits per heavy atom. The first kappa shape index (κ1) is 15.0. The van der Waals surface area contributed by atoms with E-state index in [4.69, 9.17) is 5.73 Å². The fraction of sp³-hybridized carbons (Fsp3) is 1.00. The van der Waals surface area contributed by atoms with Gasteiger partial charge in [0, 0.05) is 6.04 Å². The Bertz CT molecular complexity index is 175. The molecule has 1 aliphatic rings. The minimum Gasteiger partial charge on any atom is -0.330 e. The van der Waals surface area contributed by atoms with E-state index in [9.17, 15) is 0 Å². The fourth-order valence-electron chi connectivity index (χ4n) is 2.79. The molecule has 102 valence electrons. The van der Waals surface area contributed by atoms with Gasteiger partial charge in [0.15, 0.2) is 0 Å². The van der Waals surface area contributed by atoms with Crippen LogP contribution in [0, 0.1) is 11.8 Å². The summed E-state index contributed by atoms with van der Waals surface area (Å²) in [4.78, 5) is 2.71. The molecule has 0 heterocycles. The lowest BCUT2D eigenvalue weighted by atomic mass is 9.88. The van der Waals surface area contributed by atoms with Gasteiger partial charge < -0.3 is 10.6 Å². The third-order valence-corrected chi connectivity index (χ3v) is 4.07. The predicted octanol–water partition coefficient (Wildman–Crippen LogP) is 3.26. The first-order chi connectivity index (χ1) is 8.19. The van der Waals surface area contributed by atoms with E-state index in [0.29, 0.717) is 0 Å². The summed E-state index contributed by atoms with van der Waals surface area (Å²) in [5, 5.41) is 0. The summed E-state index contributed by atoms with van der Waals surface area (Å²) in [5.41, 5.74) is 5.69. The molecule has 1 fully saturated rings. The van der Waals surface area contributed by atoms with Crippen LogP contribution in [0.5, 0.6) is 0 Å². The molecule has 1 aliphatic carbocycles. The van der Waals surface area contributed by atoms with E-state index in [0.717, 1.165) is 24.4 Å². The molecule has 2 heteroatoms. The van der Waals surface area contributed by atoms with Crippen LogP contribution in [0.1, 0.15) is 59.3 Å². The van der Waals surface area contributed by atoms with Crippen molar-refractivity contribution < 1.29 is 0 Å². The average molecular weight is 240 g/mol. The van der Waals surface area contributed by atoms with Crippen molar-refractivity contribution in [2.24, 2.45) is 17.6 Å². The Morgan fingerprint density at radius 3 is 2.35 bits per heavy atom. The molecule has 17 heavy (non-hydrogen) atoms. The van der Waals surface area contributed by atoms with Crippen LogP contribution >= 0.6 is 0 Å². The second kappa shape index (κ2) is 8.10. The Kier molecular flexibility index (Phi) is 7.14. The number of nitrogens with zero attached hydrogens (tertiary/aromatic N) is 1. The summed E-state index contributed by atoms with van der Waals surface area (Å²) in [5.74, 6) is 1.63. The van der Waals surface area contributed by atoms with Crippen molar-refractivity contribution in [3.63, 3.8) is 0 Å². The lowest BCUT2D eigenvalue weighted by Gasteiger charge is -2.24. The zero-order valence-corrected chi connectivity index (χ0v) is 12.1. The molecule has 2 nitrogen and oxygen atoms in total. The Balaban J connectivity index is 2.18. The summed E-state index contributed by atoms with van der Waals surface area (Å²) in [6.45, 7) is 10.4. The van der Waals surface area contributed by atoms with Gasteiger partial charge in [0.1, 0.15) is 0 Å². The maximum atomic E-state index is 5.69. The smallest absolute Gasteiger partial charge is 0.00964 e. The third-order valence-electron chi connectivity index (χ3n) is 4.07. The highest BCUT2D eigenvalue weighted by molar-refractivity contribution is 4.84. The van der Waals surface area contributed by atoms with E-state index in [-0.39, 0.29) is 0 Å². The molecule has 0 spiro atoms.